The number of aliphatic hydroxyl groups is 7. The standard InChI is InChI=1S/C21H28O12/c22-8-12-16(26)19(29)21(10-23,32-12)33-20-18(28)17(27)15(25)13(31-20)9-30-14(24)7-6-11-4-2-1-3-5-11/h1-7,12-13,15-20,22-23,25-29H,8-10H2/t12-,13+,15-,16-,17+,18-,19+,20-,21-/m1/s1. The third kappa shape index (κ3) is 5.58. The van der Waals surface area contributed by atoms with Gasteiger partial charge in [0.15, 0.2) is 6.29 Å². The fourth-order valence-corrected chi connectivity index (χ4v) is 3.56. The van der Waals surface area contributed by atoms with E-state index in [1.54, 1.807) is 24.3 Å². The topological polar surface area (TPSA) is 196 Å². The lowest BCUT2D eigenvalue weighted by Crippen LogP contribution is -2.62. The largest absolute Gasteiger partial charge is 0.460 e. The summed E-state index contributed by atoms with van der Waals surface area (Å²) in [5.41, 5.74) is 0.753. The molecular weight excluding hydrogens is 444 g/mol. The molecule has 184 valence electrons. The van der Waals surface area contributed by atoms with Crippen molar-refractivity contribution in [2.24, 2.45) is 0 Å². The van der Waals surface area contributed by atoms with Gasteiger partial charge in [-0.15, -0.1) is 0 Å². The number of esters is 1. The number of rotatable bonds is 8. The highest BCUT2D eigenvalue weighted by Crippen LogP contribution is 2.36. The summed E-state index contributed by atoms with van der Waals surface area (Å²) in [5, 5.41) is 69.8. The molecule has 12 nitrogen and oxygen atoms in total. The lowest BCUT2D eigenvalue weighted by molar-refractivity contribution is -0.383. The lowest BCUT2D eigenvalue weighted by atomic mass is 9.99. The normalized spacial score (nSPS) is 39.1. The van der Waals surface area contributed by atoms with Gasteiger partial charge in [0.2, 0.25) is 5.79 Å². The molecule has 0 aromatic heterocycles. The Labute approximate surface area is 188 Å². The Morgan fingerprint density at radius 3 is 2.27 bits per heavy atom. The molecule has 2 aliphatic heterocycles. The van der Waals surface area contributed by atoms with E-state index in [1.807, 2.05) is 6.07 Å². The maximum absolute atomic E-state index is 12.0. The molecule has 3 rings (SSSR count). The van der Waals surface area contributed by atoms with Crippen LogP contribution in [0.3, 0.4) is 0 Å². The highest BCUT2D eigenvalue weighted by atomic mass is 16.8. The fourth-order valence-electron chi connectivity index (χ4n) is 3.56. The van der Waals surface area contributed by atoms with Crippen LogP contribution in [-0.4, -0.2) is 116 Å². The lowest BCUT2D eigenvalue weighted by Gasteiger charge is -2.43. The SMILES string of the molecule is O=C(C=Cc1ccccc1)OC[C@@H]1O[C@H](O[C@@]2(CO)O[C@H](CO)[C@@H](O)[C@@H]2O)[C@H](O)[C@@H](O)[C@@H]1O. The Bertz CT molecular complexity index is 804. The van der Waals surface area contributed by atoms with E-state index in [-0.39, 0.29) is 0 Å². The summed E-state index contributed by atoms with van der Waals surface area (Å²) in [5.74, 6) is -3.05. The summed E-state index contributed by atoms with van der Waals surface area (Å²) >= 11 is 0. The number of ether oxygens (including phenoxy) is 4. The average molecular weight is 472 g/mol. The van der Waals surface area contributed by atoms with Gasteiger partial charge in [-0.05, 0) is 11.6 Å². The van der Waals surface area contributed by atoms with Gasteiger partial charge >= 0.3 is 5.97 Å². The Balaban J connectivity index is 1.64. The first-order valence-electron chi connectivity index (χ1n) is 10.3. The molecular formula is C21H28O12. The van der Waals surface area contributed by atoms with Crippen molar-refractivity contribution in [3.8, 4) is 0 Å². The second-order valence-corrected chi connectivity index (χ2v) is 7.75. The molecule has 7 N–H and O–H groups in total. The van der Waals surface area contributed by atoms with Crippen LogP contribution in [0.2, 0.25) is 0 Å². The zero-order valence-electron chi connectivity index (χ0n) is 17.5. The first-order valence-corrected chi connectivity index (χ1v) is 10.3. The van der Waals surface area contributed by atoms with Crippen LogP contribution in [-0.2, 0) is 23.7 Å². The molecule has 1 aromatic rings. The van der Waals surface area contributed by atoms with Crippen molar-refractivity contribution in [3.05, 3.63) is 42.0 Å². The molecule has 0 aliphatic carbocycles. The summed E-state index contributed by atoms with van der Waals surface area (Å²) in [4.78, 5) is 12.0. The second kappa shape index (κ2) is 11.0. The molecule has 2 fully saturated rings. The number of hydrogen-bond donors (Lipinski definition) is 7. The number of benzene rings is 1. The van der Waals surface area contributed by atoms with Gasteiger partial charge in [0.25, 0.3) is 0 Å². The van der Waals surface area contributed by atoms with Gasteiger partial charge in [0.1, 0.15) is 55.9 Å². The van der Waals surface area contributed by atoms with Crippen LogP contribution in [0.4, 0.5) is 0 Å². The van der Waals surface area contributed by atoms with Gasteiger partial charge in [-0.1, -0.05) is 30.3 Å². The molecule has 0 unspecified atom stereocenters. The van der Waals surface area contributed by atoms with Crippen molar-refractivity contribution >= 4 is 12.0 Å². The molecule has 9 atom stereocenters. The minimum absolute atomic E-state index is 0.528. The van der Waals surface area contributed by atoms with Gasteiger partial charge in [-0.25, -0.2) is 4.79 Å². The predicted octanol–water partition coefficient (Wildman–Crippen LogP) is -3.13. The van der Waals surface area contributed by atoms with Crippen molar-refractivity contribution in [1.82, 2.24) is 0 Å². The Morgan fingerprint density at radius 2 is 1.67 bits per heavy atom. The molecule has 1 aromatic carbocycles. The molecule has 2 aliphatic rings. The van der Waals surface area contributed by atoms with Crippen molar-refractivity contribution in [3.63, 3.8) is 0 Å². The van der Waals surface area contributed by atoms with Crippen molar-refractivity contribution in [2.75, 3.05) is 19.8 Å². The fraction of sp³-hybridized carbons (Fsp3) is 0.571. The quantitative estimate of drug-likeness (QED) is 0.149. The summed E-state index contributed by atoms with van der Waals surface area (Å²) in [7, 11) is 0. The molecule has 12 heteroatoms. The van der Waals surface area contributed by atoms with E-state index in [0.29, 0.717) is 0 Å². The number of carbonyl (C=O) groups is 1. The highest BCUT2D eigenvalue weighted by molar-refractivity contribution is 5.87. The zero-order valence-corrected chi connectivity index (χ0v) is 17.5. The maximum Gasteiger partial charge on any atom is 0.330 e. The zero-order chi connectivity index (χ0) is 24.2. The van der Waals surface area contributed by atoms with Crippen molar-refractivity contribution in [2.45, 2.75) is 54.8 Å². The molecule has 0 bridgehead atoms. The first-order chi connectivity index (χ1) is 15.7. The number of aliphatic hydroxyl groups excluding tert-OH is 7. The van der Waals surface area contributed by atoms with Gasteiger partial charge in [0, 0.05) is 6.08 Å². The van der Waals surface area contributed by atoms with Crippen molar-refractivity contribution in [1.29, 1.82) is 0 Å². The van der Waals surface area contributed by atoms with Crippen LogP contribution in [0.15, 0.2) is 36.4 Å². The minimum atomic E-state index is -2.29. The van der Waals surface area contributed by atoms with E-state index >= 15 is 0 Å². The summed E-state index contributed by atoms with van der Waals surface area (Å²) in [6, 6.07) is 8.93. The van der Waals surface area contributed by atoms with E-state index in [4.69, 9.17) is 18.9 Å². The molecule has 0 amide bonds. The summed E-state index contributed by atoms with van der Waals surface area (Å²) < 4.78 is 21.1. The third-order valence-corrected chi connectivity index (χ3v) is 5.49. The molecule has 0 radical (unpaired) electrons. The summed E-state index contributed by atoms with van der Waals surface area (Å²) in [6.45, 7) is -2.23. The van der Waals surface area contributed by atoms with Crippen LogP contribution >= 0.6 is 0 Å². The first kappa shape index (κ1) is 25.6. The molecule has 2 heterocycles. The van der Waals surface area contributed by atoms with Crippen LogP contribution in [0.5, 0.6) is 0 Å². The van der Waals surface area contributed by atoms with Gasteiger partial charge in [0.05, 0.1) is 6.61 Å². The Morgan fingerprint density at radius 1 is 0.970 bits per heavy atom. The van der Waals surface area contributed by atoms with Crippen molar-refractivity contribution < 1.29 is 59.5 Å². The summed E-state index contributed by atoms with van der Waals surface area (Å²) in [6.07, 6.45) is -10.5. The van der Waals surface area contributed by atoms with Gasteiger partial charge < -0.3 is 54.7 Å². The van der Waals surface area contributed by atoms with Gasteiger partial charge in [-0.3, -0.25) is 0 Å². The third-order valence-electron chi connectivity index (χ3n) is 5.49. The van der Waals surface area contributed by atoms with E-state index < -0.39 is 80.6 Å². The van der Waals surface area contributed by atoms with E-state index in [0.717, 1.165) is 11.6 Å². The average Bonchev–Trinajstić information content (AvgIpc) is 3.07. The predicted molar refractivity (Wildman–Crippen MR) is 108 cm³/mol. The van der Waals surface area contributed by atoms with E-state index in [1.165, 1.54) is 6.08 Å². The minimum Gasteiger partial charge on any atom is -0.460 e. The number of hydrogen-bond acceptors (Lipinski definition) is 12. The molecule has 0 saturated carbocycles. The van der Waals surface area contributed by atoms with Crippen LogP contribution in [0.25, 0.3) is 6.08 Å². The van der Waals surface area contributed by atoms with Crippen LogP contribution < -0.4 is 0 Å². The molecule has 33 heavy (non-hydrogen) atoms. The molecule has 0 spiro atoms. The molecule has 2 saturated heterocycles. The highest BCUT2D eigenvalue weighted by Gasteiger charge is 2.58. The maximum atomic E-state index is 12.0. The van der Waals surface area contributed by atoms with Crippen LogP contribution in [0, 0.1) is 0 Å². The van der Waals surface area contributed by atoms with Gasteiger partial charge in [-0.2, -0.15) is 0 Å². The smallest absolute Gasteiger partial charge is 0.330 e. The monoisotopic (exact) mass is 472 g/mol. The number of carbonyl (C=O) groups excluding carboxylic acids is 1. The Hall–Kier alpha value is -1.97. The van der Waals surface area contributed by atoms with E-state index in [9.17, 15) is 40.5 Å². The Kier molecular flexibility index (Phi) is 8.53. The second-order valence-electron chi connectivity index (χ2n) is 7.75. The van der Waals surface area contributed by atoms with E-state index in [2.05, 4.69) is 0 Å². The van der Waals surface area contributed by atoms with Crippen LogP contribution in [0.1, 0.15) is 5.56 Å².